The van der Waals surface area contributed by atoms with Crippen LogP contribution in [0, 0.1) is 0 Å². The van der Waals surface area contributed by atoms with Crippen molar-refractivity contribution in [1.29, 1.82) is 0 Å². The van der Waals surface area contributed by atoms with Crippen molar-refractivity contribution in [2.24, 2.45) is 0 Å². The average Bonchev–Trinajstić information content (AvgIpc) is 3.06. The van der Waals surface area contributed by atoms with Crippen molar-refractivity contribution in [2.75, 3.05) is 19.0 Å². The lowest BCUT2D eigenvalue weighted by Gasteiger charge is -2.20. The number of nitrogens with zero attached hydrogens (tertiary/aromatic N) is 1. The number of halogens is 1. The molecule has 0 fully saturated rings. The Kier molecular flexibility index (Phi) is 4.44. The zero-order chi connectivity index (χ0) is 18.1. The molecule has 0 spiro atoms. The molecule has 130 valence electrons. The number of H-pyrrole nitrogens is 1. The minimum absolute atomic E-state index is 0.152. The Morgan fingerprint density at radius 1 is 0.846 bits per heavy atom. The lowest BCUT2D eigenvalue weighted by atomic mass is 9.85. The molecule has 0 bridgehead atoms. The summed E-state index contributed by atoms with van der Waals surface area (Å²) in [7, 11) is 4.12. The van der Waals surface area contributed by atoms with Crippen molar-refractivity contribution in [3.05, 3.63) is 101 Å². The highest BCUT2D eigenvalue weighted by atomic mass is 35.5. The summed E-state index contributed by atoms with van der Waals surface area (Å²) in [5.74, 6) is 0.152. The Morgan fingerprint density at radius 2 is 1.54 bits per heavy atom. The Balaban J connectivity index is 1.89. The molecule has 0 aliphatic carbocycles. The van der Waals surface area contributed by atoms with Crippen LogP contribution in [0.25, 0.3) is 10.9 Å². The second kappa shape index (κ2) is 6.89. The van der Waals surface area contributed by atoms with Crippen molar-refractivity contribution in [1.82, 2.24) is 4.98 Å². The third-order valence-corrected chi connectivity index (χ3v) is 5.10. The highest BCUT2D eigenvalue weighted by Crippen LogP contribution is 2.37. The second-order valence-corrected chi connectivity index (χ2v) is 7.20. The van der Waals surface area contributed by atoms with Gasteiger partial charge in [0.25, 0.3) is 0 Å². The molecule has 3 aromatic carbocycles. The number of rotatable bonds is 4. The molecule has 3 heteroatoms. The van der Waals surface area contributed by atoms with Gasteiger partial charge in [0, 0.05) is 47.8 Å². The molecule has 1 aromatic heterocycles. The minimum atomic E-state index is 0.152. The number of aromatic amines is 1. The largest absolute Gasteiger partial charge is 0.378 e. The van der Waals surface area contributed by atoms with Crippen molar-refractivity contribution < 1.29 is 0 Å². The molecule has 4 aromatic rings. The summed E-state index contributed by atoms with van der Waals surface area (Å²) in [5.41, 5.74) is 6.08. The lowest BCUT2D eigenvalue weighted by Crippen LogP contribution is -2.09. The molecule has 4 rings (SSSR count). The van der Waals surface area contributed by atoms with Gasteiger partial charge in [-0.2, -0.15) is 0 Å². The van der Waals surface area contributed by atoms with Gasteiger partial charge in [0.2, 0.25) is 0 Å². The van der Waals surface area contributed by atoms with Gasteiger partial charge in [-0.1, -0.05) is 54.1 Å². The highest BCUT2D eigenvalue weighted by Gasteiger charge is 2.20. The van der Waals surface area contributed by atoms with E-state index in [0.29, 0.717) is 0 Å². The summed E-state index contributed by atoms with van der Waals surface area (Å²) in [6.45, 7) is 0. The van der Waals surface area contributed by atoms with Gasteiger partial charge >= 0.3 is 0 Å². The fourth-order valence-electron chi connectivity index (χ4n) is 3.52. The first-order chi connectivity index (χ1) is 12.6. The zero-order valence-electron chi connectivity index (χ0n) is 14.9. The van der Waals surface area contributed by atoms with Gasteiger partial charge in [0.05, 0.1) is 0 Å². The molecule has 1 unspecified atom stereocenters. The van der Waals surface area contributed by atoms with E-state index in [1.54, 1.807) is 0 Å². The van der Waals surface area contributed by atoms with E-state index in [1.165, 1.54) is 27.8 Å². The molecule has 2 nitrogen and oxygen atoms in total. The smallest absolute Gasteiger partial charge is 0.0458 e. The monoisotopic (exact) mass is 360 g/mol. The molecular formula is C23H21ClN2. The first-order valence-corrected chi connectivity index (χ1v) is 9.10. The van der Waals surface area contributed by atoms with E-state index in [-0.39, 0.29) is 5.92 Å². The Bertz CT molecular complexity index is 1020. The zero-order valence-corrected chi connectivity index (χ0v) is 15.7. The first kappa shape index (κ1) is 16.7. The van der Waals surface area contributed by atoms with Crippen LogP contribution in [0.3, 0.4) is 0 Å². The number of hydrogen-bond acceptors (Lipinski definition) is 1. The summed E-state index contributed by atoms with van der Waals surface area (Å²) in [6, 6.07) is 25.4. The summed E-state index contributed by atoms with van der Waals surface area (Å²) in [5, 5.41) is 1.93. The molecule has 0 aliphatic rings. The number of benzene rings is 3. The molecule has 0 saturated heterocycles. The quantitative estimate of drug-likeness (QED) is 0.468. The van der Waals surface area contributed by atoms with Crippen molar-refractivity contribution >= 4 is 28.2 Å². The normalized spacial score (nSPS) is 12.3. The van der Waals surface area contributed by atoms with Gasteiger partial charge < -0.3 is 9.88 Å². The third kappa shape index (κ3) is 3.09. The van der Waals surface area contributed by atoms with Crippen LogP contribution in [-0.2, 0) is 0 Å². The molecule has 0 amide bonds. The SMILES string of the molecule is CN(C)c1ccc(C(c2ccccc2)c2c[nH]c3ccc(Cl)cc23)cc1. The van der Waals surface area contributed by atoms with Crippen LogP contribution < -0.4 is 4.90 Å². The van der Waals surface area contributed by atoms with Crippen molar-refractivity contribution in [2.45, 2.75) is 5.92 Å². The molecule has 26 heavy (non-hydrogen) atoms. The predicted molar refractivity (Wildman–Crippen MR) is 111 cm³/mol. The van der Waals surface area contributed by atoms with Gasteiger partial charge in [-0.05, 0) is 47.0 Å². The van der Waals surface area contributed by atoms with Crippen LogP contribution in [-0.4, -0.2) is 19.1 Å². The van der Waals surface area contributed by atoms with E-state index in [9.17, 15) is 0 Å². The third-order valence-electron chi connectivity index (χ3n) is 4.86. The predicted octanol–water partition coefficient (Wildman–Crippen LogP) is 6.07. The molecule has 1 atom stereocenters. The number of nitrogens with one attached hydrogen (secondary N) is 1. The number of fused-ring (bicyclic) bond motifs is 1. The fraction of sp³-hybridized carbons (Fsp3) is 0.130. The maximum Gasteiger partial charge on any atom is 0.0458 e. The molecule has 0 radical (unpaired) electrons. The second-order valence-electron chi connectivity index (χ2n) is 6.76. The van der Waals surface area contributed by atoms with Crippen LogP contribution in [0.2, 0.25) is 5.02 Å². The van der Waals surface area contributed by atoms with E-state index >= 15 is 0 Å². The average molecular weight is 361 g/mol. The van der Waals surface area contributed by atoms with Gasteiger partial charge in [-0.25, -0.2) is 0 Å². The van der Waals surface area contributed by atoms with Crippen LogP contribution in [0.1, 0.15) is 22.6 Å². The van der Waals surface area contributed by atoms with E-state index in [4.69, 9.17) is 11.6 Å². The minimum Gasteiger partial charge on any atom is -0.378 e. The maximum absolute atomic E-state index is 6.28. The molecule has 0 saturated carbocycles. The van der Waals surface area contributed by atoms with Crippen LogP contribution >= 0.6 is 11.6 Å². The van der Waals surface area contributed by atoms with Crippen LogP contribution in [0.5, 0.6) is 0 Å². The van der Waals surface area contributed by atoms with E-state index in [1.807, 2.05) is 18.2 Å². The van der Waals surface area contributed by atoms with E-state index in [0.717, 1.165) is 10.5 Å². The molecule has 1 N–H and O–H groups in total. The summed E-state index contributed by atoms with van der Waals surface area (Å²) in [6.07, 6.45) is 2.11. The van der Waals surface area contributed by atoms with Crippen molar-refractivity contribution in [3.63, 3.8) is 0 Å². The molecule has 0 aliphatic heterocycles. The Hall–Kier alpha value is -2.71. The standard InChI is InChI=1S/C23H21ClN2/c1-26(2)19-11-8-17(9-12-19)23(16-6-4-3-5-7-16)21-15-25-22-13-10-18(24)14-20(21)22/h3-15,23,25H,1-2H3. The summed E-state index contributed by atoms with van der Waals surface area (Å²) < 4.78 is 0. The highest BCUT2D eigenvalue weighted by molar-refractivity contribution is 6.31. The van der Waals surface area contributed by atoms with Gasteiger partial charge in [-0.15, -0.1) is 0 Å². The van der Waals surface area contributed by atoms with Crippen LogP contribution in [0.4, 0.5) is 5.69 Å². The van der Waals surface area contributed by atoms with E-state index < -0.39 is 0 Å². The van der Waals surface area contributed by atoms with E-state index in [2.05, 4.69) is 84.8 Å². The van der Waals surface area contributed by atoms with Gasteiger partial charge in [-0.3, -0.25) is 0 Å². The topological polar surface area (TPSA) is 19.0 Å². The fourth-order valence-corrected chi connectivity index (χ4v) is 3.69. The summed E-state index contributed by atoms with van der Waals surface area (Å²) in [4.78, 5) is 5.52. The first-order valence-electron chi connectivity index (χ1n) is 8.72. The number of aromatic nitrogens is 1. The Labute approximate surface area is 159 Å². The van der Waals surface area contributed by atoms with Crippen LogP contribution in [0.15, 0.2) is 79.0 Å². The number of hydrogen-bond donors (Lipinski definition) is 1. The lowest BCUT2D eigenvalue weighted by molar-refractivity contribution is 0.985. The molecule has 1 heterocycles. The Morgan fingerprint density at radius 3 is 2.23 bits per heavy atom. The van der Waals surface area contributed by atoms with Gasteiger partial charge in [0.15, 0.2) is 0 Å². The van der Waals surface area contributed by atoms with Crippen molar-refractivity contribution in [3.8, 4) is 0 Å². The maximum atomic E-state index is 6.28. The summed E-state index contributed by atoms with van der Waals surface area (Å²) >= 11 is 6.28. The number of anilines is 1. The van der Waals surface area contributed by atoms with Gasteiger partial charge in [0.1, 0.15) is 0 Å². The molecular weight excluding hydrogens is 340 g/mol.